The molecule has 0 amide bonds. The Hall–Kier alpha value is -1.62. The van der Waals surface area contributed by atoms with Crippen LogP contribution in [0.2, 0.25) is 0 Å². The lowest BCUT2D eigenvalue weighted by molar-refractivity contribution is -0.138. The molecule has 0 aromatic carbocycles. The maximum Gasteiger partial charge on any atom is 0.320 e. The zero-order chi connectivity index (χ0) is 11.4. The van der Waals surface area contributed by atoms with Crippen molar-refractivity contribution in [1.82, 2.24) is 4.98 Å². The van der Waals surface area contributed by atoms with Gasteiger partial charge in [0.05, 0.1) is 7.11 Å². The molecule has 0 saturated carbocycles. The number of ether oxygens (including phenoxy) is 1. The Bertz CT molecular complexity index is 366. The predicted molar refractivity (Wildman–Crippen MR) is 54.8 cm³/mol. The van der Waals surface area contributed by atoms with Crippen LogP contribution in [0.1, 0.15) is 11.4 Å². The van der Waals surface area contributed by atoms with Crippen LogP contribution >= 0.6 is 0 Å². The van der Waals surface area contributed by atoms with Crippen LogP contribution in [0.3, 0.4) is 0 Å². The van der Waals surface area contributed by atoms with Crippen LogP contribution < -0.4 is 10.5 Å². The van der Waals surface area contributed by atoms with Gasteiger partial charge < -0.3 is 15.6 Å². The lowest BCUT2D eigenvalue weighted by Gasteiger charge is -2.08. The van der Waals surface area contributed by atoms with Gasteiger partial charge in [0.15, 0.2) is 0 Å². The van der Waals surface area contributed by atoms with Crippen molar-refractivity contribution in [2.45, 2.75) is 19.4 Å². The highest BCUT2D eigenvalue weighted by Crippen LogP contribution is 2.14. The molecule has 5 nitrogen and oxygen atoms in total. The summed E-state index contributed by atoms with van der Waals surface area (Å²) >= 11 is 0. The van der Waals surface area contributed by atoms with Gasteiger partial charge in [0.1, 0.15) is 11.8 Å². The molecule has 82 valence electrons. The van der Waals surface area contributed by atoms with Crippen molar-refractivity contribution >= 4 is 5.97 Å². The number of methoxy groups -OCH3 is 1. The molecule has 0 aliphatic heterocycles. The molecule has 5 heteroatoms. The van der Waals surface area contributed by atoms with Gasteiger partial charge in [0.25, 0.3) is 0 Å². The first kappa shape index (κ1) is 11.5. The third-order valence-corrected chi connectivity index (χ3v) is 1.96. The zero-order valence-electron chi connectivity index (χ0n) is 8.73. The van der Waals surface area contributed by atoms with Gasteiger partial charge in [0, 0.05) is 29.9 Å². The van der Waals surface area contributed by atoms with Crippen LogP contribution in [0.5, 0.6) is 5.75 Å². The van der Waals surface area contributed by atoms with E-state index in [2.05, 4.69) is 4.98 Å². The van der Waals surface area contributed by atoms with Gasteiger partial charge in [-0.25, -0.2) is 0 Å². The smallest absolute Gasteiger partial charge is 0.320 e. The monoisotopic (exact) mass is 210 g/mol. The summed E-state index contributed by atoms with van der Waals surface area (Å²) in [4.78, 5) is 14.7. The normalized spacial score (nSPS) is 12.2. The van der Waals surface area contributed by atoms with Crippen molar-refractivity contribution in [1.29, 1.82) is 0 Å². The number of hydrogen-bond acceptors (Lipinski definition) is 4. The van der Waals surface area contributed by atoms with Crippen molar-refractivity contribution in [3.05, 3.63) is 23.5 Å². The molecule has 1 heterocycles. The average molecular weight is 210 g/mol. The number of carbonyl (C=O) groups is 1. The SMILES string of the molecule is COc1cc(C)nc(C[C@@H](N)C(=O)O)c1. The molecule has 0 radical (unpaired) electrons. The van der Waals surface area contributed by atoms with Crippen LogP contribution in [0.25, 0.3) is 0 Å². The largest absolute Gasteiger partial charge is 0.497 e. The van der Waals surface area contributed by atoms with Crippen molar-refractivity contribution in [3.63, 3.8) is 0 Å². The minimum atomic E-state index is -1.03. The molecule has 3 N–H and O–H groups in total. The van der Waals surface area contributed by atoms with E-state index in [1.54, 1.807) is 19.2 Å². The second kappa shape index (κ2) is 4.75. The number of nitrogens with zero attached hydrogens (tertiary/aromatic N) is 1. The molecule has 1 aromatic heterocycles. The van der Waals surface area contributed by atoms with Gasteiger partial charge in [0.2, 0.25) is 0 Å². The second-order valence-corrected chi connectivity index (χ2v) is 3.29. The van der Waals surface area contributed by atoms with Crippen LogP contribution in [0, 0.1) is 6.92 Å². The lowest BCUT2D eigenvalue weighted by atomic mass is 10.1. The Kier molecular flexibility index (Phi) is 3.62. The standard InChI is InChI=1S/C10H14N2O3/c1-6-3-8(15-2)4-7(12-6)5-9(11)10(13)14/h3-4,9H,5,11H2,1-2H3,(H,13,14)/t9-/m1/s1. The molecule has 1 rings (SSSR count). The molecule has 0 aliphatic carbocycles. The highest BCUT2D eigenvalue weighted by atomic mass is 16.5. The summed E-state index contributed by atoms with van der Waals surface area (Å²) in [5, 5.41) is 8.66. The van der Waals surface area contributed by atoms with Crippen LogP contribution in [-0.2, 0) is 11.2 Å². The Balaban J connectivity index is 2.85. The highest BCUT2D eigenvalue weighted by molar-refractivity contribution is 5.73. The maximum atomic E-state index is 10.6. The van der Waals surface area contributed by atoms with Crippen LogP contribution in [0.4, 0.5) is 0 Å². The molecule has 0 aliphatic rings. The van der Waals surface area contributed by atoms with E-state index < -0.39 is 12.0 Å². The number of carboxylic acid groups (broad SMARTS) is 1. The average Bonchev–Trinajstić information content (AvgIpc) is 2.16. The number of aromatic nitrogens is 1. The third kappa shape index (κ3) is 3.21. The van der Waals surface area contributed by atoms with Crippen LogP contribution in [-0.4, -0.2) is 29.2 Å². The number of rotatable bonds is 4. The summed E-state index contributed by atoms with van der Waals surface area (Å²) in [6.45, 7) is 1.82. The molecule has 15 heavy (non-hydrogen) atoms. The first-order valence-corrected chi connectivity index (χ1v) is 4.53. The Morgan fingerprint density at radius 1 is 1.67 bits per heavy atom. The Labute approximate surface area is 87.9 Å². The van der Waals surface area contributed by atoms with E-state index in [9.17, 15) is 4.79 Å². The van der Waals surface area contributed by atoms with Gasteiger partial charge in [-0.3, -0.25) is 9.78 Å². The summed E-state index contributed by atoms with van der Waals surface area (Å²) in [7, 11) is 1.55. The second-order valence-electron chi connectivity index (χ2n) is 3.29. The summed E-state index contributed by atoms with van der Waals surface area (Å²) in [6.07, 6.45) is 0.202. The van der Waals surface area contributed by atoms with Crippen molar-refractivity contribution in [2.24, 2.45) is 5.73 Å². The summed E-state index contributed by atoms with van der Waals surface area (Å²) in [6, 6.07) is 2.54. The first-order valence-electron chi connectivity index (χ1n) is 4.53. The number of nitrogens with two attached hydrogens (primary N) is 1. The van der Waals surface area contributed by atoms with E-state index in [4.69, 9.17) is 15.6 Å². The molecule has 0 unspecified atom stereocenters. The van der Waals surface area contributed by atoms with E-state index >= 15 is 0 Å². The predicted octanol–water partition coefficient (Wildman–Crippen LogP) is 0.353. The fourth-order valence-electron chi connectivity index (χ4n) is 1.24. The summed E-state index contributed by atoms with van der Waals surface area (Å²) < 4.78 is 5.05. The van der Waals surface area contributed by atoms with Crippen molar-refractivity contribution in [3.8, 4) is 5.75 Å². The van der Waals surface area contributed by atoms with Crippen molar-refractivity contribution < 1.29 is 14.6 Å². The number of aliphatic carboxylic acids is 1. The van der Waals surface area contributed by atoms with E-state index in [1.165, 1.54) is 0 Å². The van der Waals surface area contributed by atoms with E-state index in [0.717, 1.165) is 5.69 Å². The molecule has 0 bridgehead atoms. The molecule has 1 atom stereocenters. The number of pyridine rings is 1. The Morgan fingerprint density at radius 3 is 2.87 bits per heavy atom. The molecule has 0 saturated heterocycles. The fraction of sp³-hybridized carbons (Fsp3) is 0.400. The fourth-order valence-corrected chi connectivity index (χ4v) is 1.24. The van der Waals surface area contributed by atoms with Gasteiger partial charge >= 0.3 is 5.97 Å². The van der Waals surface area contributed by atoms with Crippen LogP contribution in [0.15, 0.2) is 12.1 Å². The maximum absolute atomic E-state index is 10.6. The minimum absolute atomic E-state index is 0.202. The quantitative estimate of drug-likeness (QED) is 0.749. The molecular weight excluding hydrogens is 196 g/mol. The lowest BCUT2D eigenvalue weighted by Crippen LogP contribution is -2.32. The van der Waals surface area contributed by atoms with Gasteiger partial charge in [-0.2, -0.15) is 0 Å². The van der Waals surface area contributed by atoms with Gasteiger partial charge in [-0.05, 0) is 6.92 Å². The molecule has 0 spiro atoms. The van der Waals surface area contributed by atoms with E-state index in [1.807, 2.05) is 6.92 Å². The molecular formula is C10H14N2O3. The zero-order valence-corrected chi connectivity index (χ0v) is 8.73. The first-order chi connectivity index (χ1) is 7.02. The van der Waals surface area contributed by atoms with Gasteiger partial charge in [-0.15, -0.1) is 0 Å². The third-order valence-electron chi connectivity index (χ3n) is 1.96. The van der Waals surface area contributed by atoms with E-state index in [0.29, 0.717) is 11.4 Å². The number of aryl methyl sites for hydroxylation is 1. The van der Waals surface area contributed by atoms with Gasteiger partial charge in [-0.1, -0.05) is 0 Å². The highest BCUT2D eigenvalue weighted by Gasteiger charge is 2.13. The molecule has 1 aromatic rings. The topological polar surface area (TPSA) is 85.4 Å². The minimum Gasteiger partial charge on any atom is -0.497 e. The number of hydrogen-bond donors (Lipinski definition) is 2. The molecule has 0 fully saturated rings. The summed E-state index contributed by atoms with van der Waals surface area (Å²) in [5.74, 6) is -0.368. The summed E-state index contributed by atoms with van der Waals surface area (Å²) in [5.41, 5.74) is 6.82. The van der Waals surface area contributed by atoms with E-state index in [-0.39, 0.29) is 6.42 Å². The van der Waals surface area contributed by atoms with Crippen molar-refractivity contribution in [2.75, 3.05) is 7.11 Å². The number of carboxylic acids is 1. The Morgan fingerprint density at radius 2 is 2.33 bits per heavy atom.